The fraction of sp³-hybridized carbons (Fsp3) is 0.323. The number of benzene rings is 2. The Hall–Kier alpha value is -2.61. The van der Waals surface area contributed by atoms with Crippen LogP contribution in [0.25, 0.3) is 16.6 Å². The zero-order valence-electron chi connectivity index (χ0n) is 22.2. The predicted molar refractivity (Wildman–Crippen MR) is 162 cm³/mol. The normalized spacial score (nSPS) is 11.3. The van der Waals surface area contributed by atoms with Crippen LogP contribution in [0.4, 0.5) is 0 Å². The van der Waals surface area contributed by atoms with Crippen LogP contribution in [-0.2, 0) is 0 Å². The number of hydrogen-bond donors (Lipinski definition) is 0. The first kappa shape index (κ1) is 28.4. The Morgan fingerprint density at radius 1 is 0.921 bits per heavy atom. The molecule has 38 heavy (non-hydrogen) atoms. The van der Waals surface area contributed by atoms with E-state index in [0.29, 0.717) is 17.9 Å². The number of hydrogen-bond acceptors (Lipinski definition) is 4. The quantitative estimate of drug-likeness (QED) is 0.109. The van der Waals surface area contributed by atoms with Gasteiger partial charge in [-0.1, -0.05) is 32.0 Å². The van der Waals surface area contributed by atoms with Crippen molar-refractivity contribution in [2.24, 2.45) is 0 Å². The zero-order chi connectivity index (χ0) is 27.1. The molecule has 0 bridgehead atoms. The first-order valence-electron chi connectivity index (χ1n) is 13.1. The lowest BCUT2D eigenvalue weighted by Crippen LogP contribution is -2.27. The molecule has 0 amide bonds. The summed E-state index contributed by atoms with van der Waals surface area (Å²) in [5, 5.41) is 0. The van der Waals surface area contributed by atoms with Gasteiger partial charge in [0.05, 0.1) is 22.7 Å². The minimum Gasteiger partial charge on any atom is -0.497 e. The fourth-order valence-electron chi connectivity index (χ4n) is 4.74. The van der Waals surface area contributed by atoms with E-state index in [4.69, 9.17) is 9.47 Å². The van der Waals surface area contributed by atoms with E-state index in [2.05, 4.69) is 56.7 Å². The summed E-state index contributed by atoms with van der Waals surface area (Å²) >= 11 is 7.30. The lowest BCUT2D eigenvalue weighted by molar-refractivity contribution is 0.103. The third-order valence-electron chi connectivity index (χ3n) is 6.50. The number of ketones is 1. The van der Waals surface area contributed by atoms with Crippen LogP contribution in [0.15, 0.2) is 75.8 Å². The Bertz CT molecular complexity index is 1350. The maximum Gasteiger partial charge on any atom is 0.210 e. The van der Waals surface area contributed by atoms with E-state index in [1.165, 1.54) is 0 Å². The van der Waals surface area contributed by atoms with Crippen LogP contribution >= 0.6 is 31.9 Å². The molecule has 0 aliphatic rings. The van der Waals surface area contributed by atoms with E-state index in [-0.39, 0.29) is 5.78 Å². The molecule has 0 saturated heterocycles. The topological polar surface area (TPSA) is 43.2 Å². The Kier molecular flexibility index (Phi) is 10.1. The highest BCUT2D eigenvalue weighted by Gasteiger charge is 2.22. The number of ether oxygens (including phenoxy) is 2. The smallest absolute Gasteiger partial charge is 0.210 e. The van der Waals surface area contributed by atoms with Crippen molar-refractivity contribution in [3.05, 3.63) is 87.1 Å². The molecule has 0 unspecified atom stereocenters. The Morgan fingerprint density at radius 3 is 2.24 bits per heavy atom. The highest BCUT2D eigenvalue weighted by molar-refractivity contribution is 9.11. The van der Waals surface area contributed by atoms with Crippen LogP contribution < -0.4 is 9.47 Å². The molecule has 7 heteroatoms. The number of aromatic nitrogens is 1. The molecule has 2 aromatic carbocycles. The number of pyridine rings is 1. The van der Waals surface area contributed by atoms with E-state index in [9.17, 15) is 4.79 Å². The number of nitrogens with zero attached hydrogens (tertiary/aromatic N) is 2. The molecule has 0 saturated carbocycles. The highest BCUT2D eigenvalue weighted by Crippen LogP contribution is 2.37. The van der Waals surface area contributed by atoms with Gasteiger partial charge in [-0.3, -0.25) is 4.79 Å². The molecule has 0 atom stereocenters. The summed E-state index contributed by atoms with van der Waals surface area (Å²) in [6.07, 6.45) is 5.19. The fourth-order valence-corrected chi connectivity index (χ4v) is 6.16. The van der Waals surface area contributed by atoms with Crippen LogP contribution in [0.2, 0.25) is 0 Å². The second-order valence-electron chi connectivity index (χ2n) is 9.27. The number of rotatable bonds is 13. The van der Waals surface area contributed by atoms with Crippen LogP contribution in [0.3, 0.4) is 0 Å². The van der Waals surface area contributed by atoms with Crippen molar-refractivity contribution in [3.63, 3.8) is 0 Å². The summed E-state index contributed by atoms with van der Waals surface area (Å²) < 4.78 is 14.9. The first-order valence-corrected chi connectivity index (χ1v) is 14.7. The monoisotopic (exact) mass is 640 g/mol. The van der Waals surface area contributed by atoms with Crippen molar-refractivity contribution in [1.82, 2.24) is 9.30 Å². The molecule has 2 aromatic heterocycles. The standard InChI is InChI=1S/C31H34Br2N2O3/c1-4-14-34(15-5-2)16-8-18-38-31-27(32)19-23(20-28(31)33)30(36)29-26(21-24-9-6-7-17-35(24)29)22-10-12-25(37-3)13-11-22/h6-7,9-13,17,19-21H,4-5,8,14-16,18H2,1-3H3. The van der Waals surface area contributed by atoms with E-state index < -0.39 is 0 Å². The Morgan fingerprint density at radius 2 is 1.61 bits per heavy atom. The van der Waals surface area contributed by atoms with Gasteiger partial charge in [-0.05, 0) is 112 Å². The molecule has 0 N–H and O–H groups in total. The summed E-state index contributed by atoms with van der Waals surface area (Å²) in [5.41, 5.74) is 3.98. The molecule has 4 aromatic rings. The maximum absolute atomic E-state index is 14.0. The van der Waals surface area contributed by atoms with Gasteiger partial charge in [-0.2, -0.15) is 0 Å². The molecule has 0 spiro atoms. The van der Waals surface area contributed by atoms with Gasteiger partial charge < -0.3 is 18.8 Å². The van der Waals surface area contributed by atoms with Crippen molar-refractivity contribution in [1.29, 1.82) is 0 Å². The average Bonchev–Trinajstić information content (AvgIpc) is 3.31. The number of methoxy groups -OCH3 is 1. The van der Waals surface area contributed by atoms with Crippen molar-refractivity contribution < 1.29 is 14.3 Å². The molecule has 0 aliphatic carbocycles. The van der Waals surface area contributed by atoms with Crippen LogP contribution in [0.1, 0.15) is 49.2 Å². The van der Waals surface area contributed by atoms with Crippen LogP contribution in [0, 0.1) is 0 Å². The number of fused-ring (bicyclic) bond motifs is 1. The summed E-state index contributed by atoms with van der Waals surface area (Å²) in [6.45, 7) is 8.29. The molecular formula is C31H34Br2N2O3. The highest BCUT2D eigenvalue weighted by atomic mass is 79.9. The van der Waals surface area contributed by atoms with E-state index >= 15 is 0 Å². The van der Waals surface area contributed by atoms with Gasteiger partial charge in [0.15, 0.2) is 0 Å². The van der Waals surface area contributed by atoms with Gasteiger partial charge in [0.25, 0.3) is 0 Å². The molecular weight excluding hydrogens is 608 g/mol. The van der Waals surface area contributed by atoms with Crippen molar-refractivity contribution >= 4 is 43.2 Å². The molecule has 0 aliphatic heterocycles. The third kappa shape index (κ3) is 6.50. The molecule has 2 heterocycles. The molecule has 0 fully saturated rings. The first-order chi connectivity index (χ1) is 18.5. The third-order valence-corrected chi connectivity index (χ3v) is 7.68. The minimum atomic E-state index is -0.0651. The number of carbonyl (C=O) groups is 1. The van der Waals surface area contributed by atoms with Gasteiger partial charge in [0.2, 0.25) is 5.78 Å². The lowest BCUT2D eigenvalue weighted by atomic mass is 10.00. The second-order valence-corrected chi connectivity index (χ2v) is 11.0. The van der Waals surface area contributed by atoms with Crippen LogP contribution in [0.5, 0.6) is 11.5 Å². The lowest BCUT2D eigenvalue weighted by Gasteiger charge is -2.21. The van der Waals surface area contributed by atoms with E-state index in [1.54, 1.807) is 7.11 Å². The summed E-state index contributed by atoms with van der Waals surface area (Å²) in [6, 6.07) is 19.5. The molecule has 0 radical (unpaired) electrons. The molecule has 200 valence electrons. The Labute approximate surface area is 242 Å². The van der Waals surface area contributed by atoms with Gasteiger partial charge in [-0.25, -0.2) is 0 Å². The van der Waals surface area contributed by atoms with Crippen molar-refractivity contribution in [2.45, 2.75) is 33.1 Å². The maximum atomic E-state index is 14.0. The summed E-state index contributed by atoms with van der Waals surface area (Å²) in [4.78, 5) is 16.5. The van der Waals surface area contributed by atoms with Crippen molar-refractivity contribution in [3.8, 4) is 22.6 Å². The van der Waals surface area contributed by atoms with Crippen LogP contribution in [-0.4, -0.2) is 48.4 Å². The van der Waals surface area contributed by atoms with Gasteiger partial charge in [-0.15, -0.1) is 0 Å². The number of carbonyl (C=O) groups excluding carboxylic acids is 1. The number of halogens is 2. The summed E-state index contributed by atoms with van der Waals surface area (Å²) in [5.74, 6) is 1.43. The van der Waals surface area contributed by atoms with Gasteiger partial charge >= 0.3 is 0 Å². The Balaban J connectivity index is 1.58. The van der Waals surface area contributed by atoms with Gasteiger partial charge in [0.1, 0.15) is 17.2 Å². The van der Waals surface area contributed by atoms with Gasteiger partial charge in [0, 0.05) is 29.4 Å². The molecule has 5 nitrogen and oxygen atoms in total. The predicted octanol–water partition coefficient (Wildman–Crippen LogP) is 8.26. The largest absolute Gasteiger partial charge is 0.497 e. The average molecular weight is 642 g/mol. The SMILES string of the molecule is CCCN(CCC)CCCOc1c(Br)cc(C(=O)c2c(-c3ccc(OC)cc3)cc3ccccn23)cc1Br. The van der Waals surface area contributed by atoms with E-state index in [1.807, 2.05) is 65.2 Å². The van der Waals surface area contributed by atoms with E-state index in [0.717, 1.165) is 76.0 Å². The zero-order valence-corrected chi connectivity index (χ0v) is 25.3. The van der Waals surface area contributed by atoms with Crippen molar-refractivity contribution in [2.75, 3.05) is 33.4 Å². The minimum absolute atomic E-state index is 0.0651. The second kappa shape index (κ2) is 13.5. The molecule has 4 rings (SSSR count). The summed E-state index contributed by atoms with van der Waals surface area (Å²) in [7, 11) is 1.65.